The number of carbonyl (C=O) groups excluding carboxylic acids is 3. The smallest absolute Gasteiger partial charge is 0.303 e. The maximum atomic E-state index is 12.9. The monoisotopic (exact) mass is 404 g/mol. The lowest BCUT2D eigenvalue weighted by atomic mass is 9.45. The summed E-state index contributed by atoms with van der Waals surface area (Å²) >= 11 is 0. The van der Waals surface area contributed by atoms with Crippen LogP contribution >= 0.6 is 0 Å². The van der Waals surface area contributed by atoms with Crippen molar-refractivity contribution in [2.45, 2.75) is 77.4 Å². The lowest BCUT2D eigenvalue weighted by molar-refractivity contribution is -0.184. The molecule has 0 aliphatic heterocycles. The zero-order valence-corrected chi connectivity index (χ0v) is 17.6. The van der Waals surface area contributed by atoms with E-state index in [1.807, 2.05) is 6.92 Å². The van der Waals surface area contributed by atoms with Crippen molar-refractivity contribution in [3.8, 4) is 0 Å². The molecule has 0 amide bonds. The number of esters is 1. The second-order valence-corrected chi connectivity index (χ2v) is 10.2. The SMILES string of the molecule is CC(=O)OCC(=O)[C@@]1(O)CC[C@H]2[C@H]3CCC4=CC(=O)CC[C@]4(C)[C@@H]3[C@@H](O)C[C@@]21C. The summed E-state index contributed by atoms with van der Waals surface area (Å²) < 4.78 is 4.89. The van der Waals surface area contributed by atoms with E-state index in [0.29, 0.717) is 19.3 Å². The van der Waals surface area contributed by atoms with Crippen LogP contribution in [0.25, 0.3) is 0 Å². The Morgan fingerprint density at radius 3 is 2.62 bits per heavy atom. The van der Waals surface area contributed by atoms with Crippen molar-refractivity contribution in [3.63, 3.8) is 0 Å². The maximum Gasteiger partial charge on any atom is 0.303 e. The number of fused-ring (bicyclic) bond motifs is 5. The quantitative estimate of drug-likeness (QED) is 0.701. The van der Waals surface area contributed by atoms with Crippen LogP contribution in [0.1, 0.15) is 65.7 Å². The Balaban J connectivity index is 1.65. The third kappa shape index (κ3) is 2.86. The molecule has 6 heteroatoms. The number of Topliss-reactive ketones (excluding diaryl/α,β-unsaturated/α-hetero) is 1. The topological polar surface area (TPSA) is 101 Å². The highest BCUT2D eigenvalue weighted by Crippen LogP contribution is 2.67. The Morgan fingerprint density at radius 1 is 1.21 bits per heavy atom. The number of hydrogen-bond donors (Lipinski definition) is 2. The molecule has 0 aromatic carbocycles. The van der Waals surface area contributed by atoms with Crippen molar-refractivity contribution < 1.29 is 29.3 Å². The van der Waals surface area contributed by atoms with Gasteiger partial charge in [-0.3, -0.25) is 14.4 Å². The molecule has 4 aliphatic rings. The highest BCUT2D eigenvalue weighted by molar-refractivity contribution is 5.92. The Morgan fingerprint density at radius 2 is 1.93 bits per heavy atom. The summed E-state index contributed by atoms with van der Waals surface area (Å²) in [4.78, 5) is 36.0. The van der Waals surface area contributed by atoms with E-state index in [4.69, 9.17) is 4.74 Å². The van der Waals surface area contributed by atoms with Crippen LogP contribution in [-0.2, 0) is 19.1 Å². The Labute approximate surface area is 171 Å². The minimum absolute atomic E-state index is 0.0413. The van der Waals surface area contributed by atoms with Crippen LogP contribution in [0.3, 0.4) is 0 Å². The summed E-state index contributed by atoms with van der Waals surface area (Å²) in [5.74, 6) is -0.462. The highest BCUT2D eigenvalue weighted by Gasteiger charge is 2.68. The van der Waals surface area contributed by atoms with E-state index in [9.17, 15) is 24.6 Å². The predicted molar refractivity (Wildman–Crippen MR) is 105 cm³/mol. The summed E-state index contributed by atoms with van der Waals surface area (Å²) in [5.41, 5.74) is -1.36. The van der Waals surface area contributed by atoms with Crippen molar-refractivity contribution in [3.05, 3.63) is 11.6 Å². The number of rotatable bonds is 3. The molecule has 0 aromatic rings. The summed E-state index contributed by atoms with van der Waals surface area (Å²) in [6, 6.07) is 0. The van der Waals surface area contributed by atoms with Gasteiger partial charge in [0.1, 0.15) is 5.60 Å². The fourth-order valence-electron chi connectivity index (χ4n) is 7.44. The largest absolute Gasteiger partial charge is 0.458 e. The molecule has 0 aromatic heterocycles. The third-order valence-electron chi connectivity index (χ3n) is 8.92. The molecule has 4 rings (SSSR count). The zero-order valence-electron chi connectivity index (χ0n) is 17.6. The normalized spacial score (nSPS) is 46.2. The molecule has 0 unspecified atom stereocenters. The van der Waals surface area contributed by atoms with Crippen molar-refractivity contribution in [1.29, 1.82) is 0 Å². The molecule has 3 fully saturated rings. The van der Waals surface area contributed by atoms with Gasteiger partial charge in [0.05, 0.1) is 6.10 Å². The van der Waals surface area contributed by atoms with Gasteiger partial charge >= 0.3 is 5.97 Å². The van der Waals surface area contributed by atoms with Gasteiger partial charge in [0.25, 0.3) is 0 Å². The first-order chi connectivity index (χ1) is 13.5. The van der Waals surface area contributed by atoms with E-state index in [0.717, 1.165) is 31.3 Å². The van der Waals surface area contributed by atoms with Crippen molar-refractivity contribution >= 4 is 17.5 Å². The van der Waals surface area contributed by atoms with Crippen LogP contribution < -0.4 is 0 Å². The lowest BCUT2D eigenvalue weighted by Crippen LogP contribution is -2.62. The number of ketones is 2. The first-order valence-electron chi connectivity index (χ1n) is 10.8. The van der Waals surface area contributed by atoms with E-state index in [1.165, 1.54) is 6.92 Å². The summed E-state index contributed by atoms with van der Waals surface area (Å²) in [6.45, 7) is 4.92. The molecule has 3 saturated carbocycles. The minimum atomic E-state index is -1.58. The number of carbonyl (C=O) groups is 3. The standard InChI is InChI=1S/C23H32O6/c1-13(24)29-12-19(27)23(28)9-7-17-16-5-4-14-10-15(25)6-8-21(14,2)20(16)18(26)11-22(17,23)3/h10,16-18,20,26,28H,4-9,11-12H2,1-3H3/t16-,17+,18+,20+,21+,22+,23+/m1/s1. The number of allylic oxidation sites excluding steroid dienone is 1. The number of ether oxygens (including phenoxy) is 1. The number of aliphatic hydroxyl groups is 2. The average molecular weight is 405 g/mol. The first-order valence-corrected chi connectivity index (χ1v) is 10.8. The molecule has 160 valence electrons. The van der Waals surface area contributed by atoms with E-state index >= 15 is 0 Å². The highest BCUT2D eigenvalue weighted by atomic mass is 16.5. The molecular weight excluding hydrogens is 372 g/mol. The van der Waals surface area contributed by atoms with Crippen LogP contribution in [0.15, 0.2) is 11.6 Å². The second-order valence-electron chi connectivity index (χ2n) is 10.2. The van der Waals surface area contributed by atoms with E-state index in [1.54, 1.807) is 6.08 Å². The van der Waals surface area contributed by atoms with Gasteiger partial charge in [-0.15, -0.1) is 0 Å². The Kier molecular flexibility index (Phi) is 4.82. The number of aliphatic hydroxyl groups excluding tert-OH is 1. The van der Waals surface area contributed by atoms with Crippen molar-refractivity contribution in [2.24, 2.45) is 28.6 Å². The molecule has 0 spiro atoms. The molecule has 4 aliphatic carbocycles. The summed E-state index contributed by atoms with van der Waals surface area (Å²) in [5, 5.41) is 22.8. The van der Waals surface area contributed by atoms with Crippen molar-refractivity contribution in [1.82, 2.24) is 0 Å². The maximum absolute atomic E-state index is 12.9. The van der Waals surface area contributed by atoms with E-state index in [-0.39, 0.29) is 29.0 Å². The fraction of sp³-hybridized carbons (Fsp3) is 0.783. The van der Waals surface area contributed by atoms with Gasteiger partial charge in [0.15, 0.2) is 12.4 Å². The predicted octanol–water partition coefficient (Wildman–Crippen LogP) is 2.35. The van der Waals surface area contributed by atoms with Crippen molar-refractivity contribution in [2.75, 3.05) is 6.61 Å². The molecular formula is C23H32O6. The Bertz CT molecular complexity index is 786. The summed E-state index contributed by atoms with van der Waals surface area (Å²) in [6.07, 6.45) is 5.54. The molecule has 0 radical (unpaired) electrons. The van der Waals surface area contributed by atoms with Crippen LogP contribution in [0.4, 0.5) is 0 Å². The lowest BCUT2D eigenvalue weighted by Gasteiger charge is -2.60. The average Bonchev–Trinajstić information content (AvgIpc) is 2.91. The van der Waals surface area contributed by atoms with Crippen LogP contribution in [-0.4, -0.2) is 46.1 Å². The fourth-order valence-corrected chi connectivity index (χ4v) is 7.44. The molecule has 6 nitrogen and oxygen atoms in total. The van der Waals surface area contributed by atoms with Gasteiger partial charge in [-0.1, -0.05) is 19.4 Å². The first kappa shape index (κ1) is 20.7. The molecule has 2 N–H and O–H groups in total. The number of hydrogen-bond acceptors (Lipinski definition) is 6. The molecule has 7 atom stereocenters. The van der Waals surface area contributed by atoms with Gasteiger partial charge < -0.3 is 14.9 Å². The summed E-state index contributed by atoms with van der Waals surface area (Å²) in [7, 11) is 0. The second kappa shape index (κ2) is 6.74. The molecule has 0 bridgehead atoms. The minimum Gasteiger partial charge on any atom is -0.458 e. The van der Waals surface area contributed by atoms with E-state index < -0.39 is 35.5 Å². The van der Waals surface area contributed by atoms with Gasteiger partial charge in [-0.25, -0.2) is 0 Å². The van der Waals surface area contributed by atoms with Gasteiger partial charge in [-0.2, -0.15) is 0 Å². The molecule has 29 heavy (non-hydrogen) atoms. The van der Waals surface area contributed by atoms with Crippen LogP contribution in [0.5, 0.6) is 0 Å². The van der Waals surface area contributed by atoms with Crippen LogP contribution in [0.2, 0.25) is 0 Å². The molecule has 0 heterocycles. The van der Waals surface area contributed by atoms with Crippen LogP contribution in [0, 0.1) is 28.6 Å². The van der Waals surface area contributed by atoms with Gasteiger partial charge in [0, 0.05) is 18.8 Å². The van der Waals surface area contributed by atoms with Gasteiger partial charge in [0.2, 0.25) is 5.78 Å². The molecule has 0 saturated heterocycles. The third-order valence-corrected chi connectivity index (χ3v) is 8.92. The Hall–Kier alpha value is -1.53. The van der Waals surface area contributed by atoms with E-state index in [2.05, 4.69) is 6.92 Å². The zero-order chi connectivity index (χ0) is 21.2. The van der Waals surface area contributed by atoms with Gasteiger partial charge in [-0.05, 0) is 67.8 Å².